The fourth-order valence-electron chi connectivity index (χ4n) is 3.42. The number of carbonyl (C=O) groups excluding carboxylic acids is 3. The molecule has 1 heterocycles. The zero-order valence-corrected chi connectivity index (χ0v) is 14.3. The molecule has 0 aromatic heterocycles. The molecule has 1 saturated carbocycles. The number of rotatable bonds is 4. The molecule has 0 radical (unpaired) electrons. The molecule has 1 aliphatic carbocycles. The highest BCUT2D eigenvalue weighted by atomic mass is 79.9. The van der Waals surface area contributed by atoms with Gasteiger partial charge in [0.2, 0.25) is 17.7 Å². The third kappa shape index (κ3) is 3.47. The van der Waals surface area contributed by atoms with Crippen LogP contribution in [0.4, 0.5) is 5.69 Å². The van der Waals surface area contributed by atoms with E-state index in [1.807, 2.05) is 12.1 Å². The second kappa shape index (κ2) is 6.83. The molecular formula is C17H19BrN2O3. The molecule has 0 spiro atoms. The standard InChI is InChI=1S/C17H19BrN2O3/c18-11-5-7-12(8-6-11)19-15(21)9-10-20-16(22)13-3-1-2-4-14(13)17(20)23/h5-8,13-14H,1-4,9-10H2,(H,19,21). The maximum Gasteiger partial charge on any atom is 0.233 e. The van der Waals surface area contributed by atoms with E-state index >= 15 is 0 Å². The first-order valence-electron chi connectivity index (χ1n) is 7.97. The van der Waals surface area contributed by atoms with Crippen molar-refractivity contribution < 1.29 is 14.4 Å². The number of fused-ring (bicyclic) bond motifs is 1. The minimum atomic E-state index is -0.192. The van der Waals surface area contributed by atoms with Gasteiger partial charge in [-0.15, -0.1) is 0 Å². The number of benzene rings is 1. The summed E-state index contributed by atoms with van der Waals surface area (Å²) >= 11 is 3.34. The Morgan fingerprint density at radius 1 is 1.09 bits per heavy atom. The van der Waals surface area contributed by atoms with Gasteiger partial charge in [-0.3, -0.25) is 19.3 Å². The lowest BCUT2D eigenvalue weighted by molar-refractivity contribution is -0.140. The second-order valence-electron chi connectivity index (χ2n) is 6.13. The van der Waals surface area contributed by atoms with Gasteiger partial charge in [0.15, 0.2) is 0 Å². The van der Waals surface area contributed by atoms with E-state index in [-0.39, 0.29) is 42.5 Å². The van der Waals surface area contributed by atoms with E-state index in [4.69, 9.17) is 0 Å². The Morgan fingerprint density at radius 3 is 2.22 bits per heavy atom. The molecule has 6 heteroatoms. The molecule has 23 heavy (non-hydrogen) atoms. The Hall–Kier alpha value is -1.69. The number of anilines is 1. The highest BCUT2D eigenvalue weighted by molar-refractivity contribution is 9.10. The van der Waals surface area contributed by atoms with Crippen LogP contribution in [0.2, 0.25) is 0 Å². The lowest BCUT2D eigenvalue weighted by Gasteiger charge is -2.19. The summed E-state index contributed by atoms with van der Waals surface area (Å²) in [4.78, 5) is 38.0. The Morgan fingerprint density at radius 2 is 1.65 bits per heavy atom. The Balaban J connectivity index is 1.55. The van der Waals surface area contributed by atoms with Crippen molar-refractivity contribution in [2.45, 2.75) is 32.1 Å². The van der Waals surface area contributed by atoms with E-state index in [1.54, 1.807) is 12.1 Å². The van der Waals surface area contributed by atoms with Gasteiger partial charge in [0.25, 0.3) is 0 Å². The first-order chi connectivity index (χ1) is 11.1. The zero-order valence-electron chi connectivity index (χ0n) is 12.8. The summed E-state index contributed by atoms with van der Waals surface area (Å²) in [6, 6.07) is 7.27. The van der Waals surface area contributed by atoms with Gasteiger partial charge >= 0.3 is 0 Å². The number of nitrogens with one attached hydrogen (secondary N) is 1. The van der Waals surface area contributed by atoms with Crippen molar-refractivity contribution in [3.8, 4) is 0 Å². The summed E-state index contributed by atoms with van der Waals surface area (Å²) in [7, 11) is 0. The number of imide groups is 1. The average Bonchev–Trinajstić information content (AvgIpc) is 2.80. The highest BCUT2D eigenvalue weighted by Crippen LogP contribution is 2.37. The SMILES string of the molecule is O=C(CCN1C(=O)C2CCCCC2C1=O)Nc1ccc(Br)cc1. The van der Waals surface area contributed by atoms with E-state index < -0.39 is 0 Å². The van der Waals surface area contributed by atoms with Gasteiger partial charge in [-0.1, -0.05) is 28.8 Å². The molecule has 1 N–H and O–H groups in total. The van der Waals surface area contributed by atoms with Gasteiger partial charge in [-0.25, -0.2) is 0 Å². The fraction of sp³-hybridized carbons (Fsp3) is 0.471. The van der Waals surface area contributed by atoms with E-state index in [0.29, 0.717) is 5.69 Å². The largest absolute Gasteiger partial charge is 0.326 e. The molecule has 1 aromatic rings. The van der Waals surface area contributed by atoms with E-state index in [1.165, 1.54) is 4.90 Å². The van der Waals surface area contributed by atoms with Crippen molar-refractivity contribution in [1.82, 2.24) is 4.90 Å². The lowest BCUT2D eigenvalue weighted by Crippen LogP contribution is -2.34. The van der Waals surface area contributed by atoms with E-state index in [9.17, 15) is 14.4 Å². The van der Waals surface area contributed by atoms with Gasteiger partial charge < -0.3 is 5.32 Å². The molecule has 2 aliphatic rings. The molecule has 1 saturated heterocycles. The van der Waals surface area contributed by atoms with E-state index in [0.717, 1.165) is 30.2 Å². The molecule has 1 aromatic carbocycles. The van der Waals surface area contributed by atoms with Crippen LogP contribution in [-0.2, 0) is 14.4 Å². The molecular weight excluding hydrogens is 360 g/mol. The third-order valence-electron chi connectivity index (χ3n) is 4.62. The number of carbonyl (C=O) groups is 3. The predicted octanol–water partition coefficient (Wildman–Crippen LogP) is 2.95. The maximum absolute atomic E-state index is 12.3. The minimum Gasteiger partial charge on any atom is -0.326 e. The van der Waals surface area contributed by atoms with Gasteiger partial charge in [0.1, 0.15) is 0 Å². The van der Waals surface area contributed by atoms with Crippen LogP contribution in [-0.4, -0.2) is 29.2 Å². The topological polar surface area (TPSA) is 66.5 Å². The monoisotopic (exact) mass is 378 g/mol. The van der Waals surface area contributed by atoms with Crippen molar-refractivity contribution in [2.75, 3.05) is 11.9 Å². The van der Waals surface area contributed by atoms with Gasteiger partial charge in [0, 0.05) is 23.1 Å². The number of nitrogens with zero attached hydrogens (tertiary/aromatic N) is 1. The maximum atomic E-state index is 12.3. The second-order valence-corrected chi connectivity index (χ2v) is 7.05. The quantitative estimate of drug-likeness (QED) is 0.818. The molecule has 2 atom stereocenters. The molecule has 1 aliphatic heterocycles. The van der Waals surface area contributed by atoms with Crippen LogP contribution in [0.25, 0.3) is 0 Å². The first kappa shape index (κ1) is 16.2. The van der Waals surface area contributed by atoms with Crippen LogP contribution in [0, 0.1) is 11.8 Å². The number of amides is 3. The number of halogens is 1. The smallest absolute Gasteiger partial charge is 0.233 e. The number of likely N-dealkylation sites (tertiary alicyclic amines) is 1. The van der Waals surface area contributed by atoms with Gasteiger partial charge in [-0.05, 0) is 37.1 Å². The Kier molecular flexibility index (Phi) is 4.80. The van der Waals surface area contributed by atoms with Crippen molar-refractivity contribution in [1.29, 1.82) is 0 Å². The van der Waals surface area contributed by atoms with Crippen LogP contribution >= 0.6 is 15.9 Å². The average molecular weight is 379 g/mol. The summed E-state index contributed by atoms with van der Waals surface area (Å²) in [6.45, 7) is 0.174. The summed E-state index contributed by atoms with van der Waals surface area (Å²) in [5.74, 6) is -0.661. The first-order valence-corrected chi connectivity index (χ1v) is 8.76. The normalized spacial score (nSPS) is 23.8. The molecule has 2 fully saturated rings. The molecule has 3 rings (SSSR count). The third-order valence-corrected chi connectivity index (χ3v) is 5.15. The van der Waals surface area contributed by atoms with Crippen LogP contribution in [0.3, 0.4) is 0 Å². The van der Waals surface area contributed by atoms with Gasteiger partial charge in [0.05, 0.1) is 11.8 Å². The highest BCUT2D eigenvalue weighted by Gasteiger charge is 2.47. The van der Waals surface area contributed by atoms with Crippen molar-refractivity contribution >= 4 is 39.3 Å². The zero-order chi connectivity index (χ0) is 16.4. The number of hydrogen-bond acceptors (Lipinski definition) is 3. The van der Waals surface area contributed by atoms with Crippen LogP contribution < -0.4 is 5.32 Å². The van der Waals surface area contributed by atoms with Crippen molar-refractivity contribution in [2.24, 2.45) is 11.8 Å². The Labute approximate surface area is 143 Å². The fourth-order valence-corrected chi connectivity index (χ4v) is 3.69. The number of hydrogen-bond donors (Lipinski definition) is 1. The van der Waals surface area contributed by atoms with Crippen molar-refractivity contribution in [3.05, 3.63) is 28.7 Å². The van der Waals surface area contributed by atoms with Crippen LogP contribution in [0.15, 0.2) is 28.7 Å². The molecule has 2 unspecified atom stereocenters. The molecule has 0 bridgehead atoms. The van der Waals surface area contributed by atoms with E-state index in [2.05, 4.69) is 21.2 Å². The predicted molar refractivity (Wildman–Crippen MR) is 89.6 cm³/mol. The molecule has 122 valence electrons. The Bertz CT molecular complexity index is 605. The summed E-state index contributed by atoms with van der Waals surface area (Å²) < 4.78 is 0.936. The minimum absolute atomic E-state index is 0.0869. The summed E-state index contributed by atoms with van der Waals surface area (Å²) in [5, 5.41) is 2.78. The van der Waals surface area contributed by atoms with Gasteiger partial charge in [-0.2, -0.15) is 0 Å². The van der Waals surface area contributed by atoms with Crippen LogP contribution in [0.5, 0.6) is 0 Å². The summed E-state index contributed by atoms with van der Waals surface area (Å²) in [6.07, 6.45) is 3.76. The lowest BCUT2D eigenvalue weighted by atomic mass is 9.81. The molecule has 3 amide bonds. The summed E-state index contributed by atoms with van der Waals surface area (Å²) in [5.41, 5.74) is 0.700. The van der Waals surface area contributed by atoms with Crippen molar-refractivity contribution in [3.63, 3.8) is 0 Å². The van der Waals surface area contributed by atoms with Crippen LogP contribution in [0.1, 0.15) is 32.1 Å². The molecule has 5 nitrogen and oxygen atoms in total.